The van der Waals surface area contributed by atoms with Gasteiger partial charge in [0.2, 0.25) is 5.88 Å². The van der Waals surface area contributed by atoms with Crippen LogP contribution in [0.2, 0.25) is 0 Å². The Kier molecular flexibility index (Phi) is 6.35. The summed E-state index contributed by atoms with van der Waals surface area (Å²) in [6.07, 6.45) is -0.401. The van der Waals surface area contributed by atoms with Crippen LogP contribution in [0.25, 0.3) is 16.8 Å². The minimum absolute atomic E-state index is 0.0440. The molecule has 1 atom stereocenters. The van der Waals surface area contributed by atoms with Crippen LogP contribution in [-0.4, -0.2) is 31.9 Å². The second-order valence-electron chi connectivity index (χ2n) is 7.50. The van der Waals surface area contributed by atoms with Gasteiger partial charge < -0.3 is 15.5 Å². The van der Waals surface area contributed by atoms with Crippen molar-refractivity contribution in [3.05, 3.63) is 102 Å². The van der Waals surface area contributed by atoms with E-state index in [1.807, 2.05) is 0 Å². The van der Waals surface area contributed by atoms with Gasteiger partial charge in [0.05, 0.1) is 12.5 Å². The molecule has 7 nitrogen and oxygen atoms in total. The van der Waals surface area contributed by atoms with Crippen molar-refractivity contribution in [1.82, 2.24) is 15.1 Å². The second kappa shape index (κ2) is 9.53. The first-order chi connectivity index (χ1) is 16.3. The summed E-state index contributed by atoms with van der Waals surface area (Å²) in [5.41, 5.74) is 1.84. The summed E-state index contributed by atoms with van der Waals surface area (Å²) < 4.78 is 28.1. The van der Waals surface area contributed by atoms with Crippen molar-refractivity contribution in [3.8, 4) is 22.7 Å². The topological polar surface area (TPSA) is 104 Å². The van der Waals surface area contributed by atoms with E-state index in [0.29, 0.717) is 5.56 Å². The van der Waals surface area contributed by atoms with Crippen LogP contribution in [0.4, 0.5) is 8.78 Å². The molecule has 0 aliphatic rings. The van der Waals surface area contributed by atoms with E-state index >= 15 is 0 Å². The number of nitrogens with zero attached hydrogens (tertiary/aromatic N) is 2. The minimum atomic E-state index is -1.13. The molecule has 0 bridgehead atoms. The minimum Gasteiger partial charge on any atom is -0.493 e. The van der Waals surface area contributed by atoms with Gasteiger partial charge in [-0.2, -0.15) is 9.78 Å². The van der Waals surface area contributed by atoms with Gasteiger partial charge in [-0.3, -0.25) is 9.59 Å². The van der Waals surface area contributed by atoms with Crippen LogP contribution in [0.15, 0.2) is 78.9 Å². The molecule has 4 rings (SSSR count). The average Bonchev–Trinajstić information content (AvgIpc) is 3.21. The molecule has 3 N–H and O–H groups in total. The number of nitrogens with one attached hydrogen (secondary N) is 1. The summed E-state index contributed by atoms with van der Waals surface area (Å²) in [4.78, 5) is 24.2. The normalized spacial score (nSPS) is 11.7. The maximum absolute atomic E-state index is 14.1. The molecule has 0 spiro atoms. The predicted octanol–water partition coefficient (Wildman–Crippen LogP) is 4.47. The number of aliphatic carboxylic acids is 1. The van der Waals surface area contributed by atoms with Crippen molar-refractivity contribution in [3.63, 3.8) is 0 Å². The predicted molar refractivity (Wildman–Crippen MR) is 119 cm³/mol. The summed E-state index contributed by atoms with van der Waals surface area (Å²) in [5, 5.41) is 26.0. The smallest absolute Gasteiger partial charge is 0.305 e. The summed E-state index contributed by atoms with van der Waals surface area (Å²) in [6.45, 7) is 0. The van der Waals surface area contributed by atoms with Crippen LogP contribution in [0.1, 0.15) is 28.5 Å². The first kappa shape index (κ1) is 22.7. The zero-order chi connectivity index (χ0) is 24.2. The van der Waals surface area contributed by atoms with Gasteiger partial charge >= 0.3 is 5.97 Å². The molecule has 0 aliphatic carbocycles. The van der Waals surface area contributed by atoms with Crippen molar-refractivity contribution in [2.45, 2.75) is 12.5 Å². The Balaban J connectivity index is 1.56. The maximum Gasteiger partial charge on any atom is 0.305 e. The molecule has 3 aromatic carbocycles. The van der Waals surface area contributed by atoms with E-state index in [0.717, 1.165) is 21.9 Å². The van der Waals surface area contributed by atoms with Gasteiger partial charge in [0.1, 0.15) is 17.3 Å². The number of para-hydroxylation sites is 1. The van der Waals surface area contributed by atoms with E-state index in [-0.39, 0.29) is 17.2 Å². The van der Waals surface area contributed by atoms with E-state index in [1.54, 1.807) is 42.5 Å². The Labute approximate surface area is 192 Å². The zero-order valence-corrected chi connectivity index (χ0v) is 17.7. The Morgan fingerprint density at radius 2 is 1.56 bits per heavy atom. The summed E-state index contributed by atoms with van der Waals surface area (Å²) in [6, 6.07) is 18.5. The highest BCUT2D eigenvalue weighted by Gasteiger charge is 2.22. The average molecular weight is 463 g/mol. The Bertz CT molecular complexity index is 1340. The number of aromatic hydroxyl groups is 1. The fourth-order valence-electron chi connectivity index (χ4n) is 3.49. The molecule has 172 valence electrons. The van der Waals surface area contributed by atoms with Crippen LogP contribution in [-0.2, 0) is 4.79 Å². The number of amides is 1. The molecule has 0 fully saturated rings. The molecule has 0 saturated heterocycles. The van der Waals surface area contributed by atoms with E-state index < -0.39 is 36.0 Å². The highest BCUT2D eigenvalue weighted by Crippen LogP contribution is 2.25. The number of benzene rings is 3. The first-order valence-electron chi connectivity index (χ1n) is 10.2. The highest BCUT2D eigenvalue weighted by atomic mass is 19.1. The molecule has 0 unspecified atom stereocenters. The number of carbonyl (C=O) groups excluding carboxylic acids is 1. The van der Waals surface area contributed by atoms with Crippen LogP contribution >= 0.6 is 0 Å². The zero-order valence-electron chi connectivity index (χ0n) is 17.7. The molecule has 4 aromatic rings. The van der Waals surface area contributed by atoms with Gasteiger partial charge in [0.15, 0.2) is 5.69 Å². The van der Waals surface area contributed by atoms with Crippen molar-refractivity contribution >= 4 is 11.9 Å². The SMILES string of the molecule is O=C(O)C[C@@H](NC(=O)c1cc(O)n(-c2ccccc2F)n1)c1ccc(-c2ccc(F)cc2)cc1. The summed E-state index contributed by atoms with van der Waals surface area (Å²) in [7, 11) is 0. The Morgan fingerprint density at radius 3 is 2.18 bits per heavy atom. The molecule has 34 heavy (non-hydrogen) atoms. The van der Waals surface area contributed by atoms with Crippen molar-refractivity contribution in [2.24, 2.45) is 0 Å². The monoisotopic (exact) mass is 463 g/mol. The standard InChI is InChI=1S/C25H19F2N3O4/c26-18-11-9-16(10-12-18)15-5-7-17(8-6-15)20(14-24(32)33)28-25(34)21-13-23(31)30(29-21)22-4-2-1-3-19(22)27/h1-13,20,31H,14H2,(H,28,34)(H,32,33)/t20-/m1/s1. The van der Waals surface area contributed by atoms with Gasteiger partial charge in [0.25, 0.3) is 5.91 Å². The first-order valence-corrected chi connectivity index (χ1v) is 10.2. The van der Waals surface area contributed by atoms with Crippen LogP contribution in [0.3, 0.4) is 0 Å². The lowest BCUT2D eigenvalue weighted by Gasteiger charge is -2.17. The molecule has 1 heterocycles. The van der Waals surface area contributed by atoms with Crippen molar-refractivity contribution in [2.75, 3.05) is 0 Å². The highest BCUT2D eigenvalue weighted by molar-refractivity contribution is 5.93. The van der Waals surface area contributed by atoms with Gasteiger partial charge in [-0.1, -0.05) is 48.5 Å². The number of carboxylic acids is 1. The van der Waals surface area contributed by atoms with Crippen LogP contribution in [0, 0.1) is 11.6 Å². The van der Waals surface area contributed by atoms with Gasteiger partial charge in [-0.05, 0) is 41.0 Å². The molecule has 9 heteroatoms. The molecule has 0 radical (unpaired) electrons. The lowest BCUT2D eigenvalue weighted by molar-refractivity contribution is -0.137. The van der Waals surface area contributed by atoms with E-state index in [9.17, 15) is 28.6 Å². The third-order valence-electron chi connectivity index (χ3n) is 5.18. The number of halogens is 2. The lowest BCUT2D eigenvalue weighted by atomic mass is 9.99. The molecule has 0 saturated carbocycles. The fraction of sp³-hybridized carbons (Fsp3) is 0.0800. The molecular formula is C25H19F2N3O4. The van der Waals surface area contributed by atoms with Gasteiger partial charge in [0, 0.05) is 6.07 Å². The van der Waals surface area contributed by atoms with Crippen molar-refractivity contribution < 1.29 is 28.6 Å². The Hall–Kier alpha value is -4.53. The van der Waals surface area contributed by atoms with E-state index in [4.69, 9.17) is 0 Å². The number of carbonyl (C=O) groups is 2. The van der Waals surface area contributed by atoms with Gasteiger partial charge in [-0.25, -0.2) is 8.78 Å². The number of hydrogen-bond acceptors (Lipinski definition) is 4. The number of aromatic nitrogens is 2. The number of carboxylic acid groups (broad SMARTS) is 1. The Morgan fingerprint density at radius 1 is 0.941 bits per heavy atom. The molecule has 1 aromatic heterocycles. The summed E-state index contributed by atoms with van der Waals surface area (Å²) in [5.74, 6) is -3.31. The largest absolute Gasteiger partial charge is 0.493 e. The second-order valence-corrected chi connectivity index (χ2v) is 7.50. The van der Waals surface area contributed by atoms with E-state index in [2.05, 4.69) is 10.4 Å². The molecular weight excluding hydrogens is 444 g/mol. The fourth-order valence-corrected chi connectivity index (χ4v) is 3.49. The molecule has 0 aliphatic heterocycles. The van der Waals surface area contributed by atoms with Crippen LogP contribution < -0.4 is 5.32 Å². The number of rotatable bonds is 7. The van der Waals surface area contributed by atoms with Crippen LogP contribution in [0.5, 0.6) is 5.88 Å². The third kappa shape index (κ3) is 4.93. The maximum atomic E-state index is 14.1. The number of hydrogen-bond donors (Lipinski definition) is 3. The van der Waals surface area contributed by atoms with E-state index in [1.165, 1.54) is 30.3 Å². The summed E-state index contributed by atoms with van der Waals surface area (Å²) >= 11 is 0. The van der Waals surface area contributed by atoms with Crippen molar-refractivity contribution in [1.29, 1.82) is 0 Å². The quantitative estimate of drug-likeness (QED) is 0.375. The third-order valence-corrected chi connectivity index (χ3v) is 5.18. The van der Waals surface area contributed by atoms with Gasteiger partial charge in [-0.15, -0.1) is 0 Å². The molecule has 1 amide bonds. The lowest BCUT2D eigenvalue weighted by Crippen LogP contribution is -2.30.